The molecule has 106 valence electrons. The van der Waals surface area contributed by atoms with Crippen molar-refractivity contribution in [2.24, 2.45) is 0 Å². The Balaban J connectivity index is 2.33. The number of rotatable bonds is 3. The van der Waals surface area contributed by atoms with Crippen LogP contribution in [0.4, 0.5) is 5.69 Å². The number of anilines is 1. The minimum absolute atomic E-state index is 0.153. The van der Waals surface area contributed by atoms with E-state index < -0.39 is 0 Å². The highest BCUT2D eigenvalue weighted by Crippen LogP contribution is 2.35. The lowest BCUT2D eigenvalue weighted by molar-refractivity contribution is 0.241. The van der Waals surface area contributed by atoms with Crippen LogP contribution >= 0.6 is 0 Å². The van der Waals surface area contributed by atoms with Crippen molar-refractivity contribution in [3.63, 3.8) is 0 Å². The van der Waals surface area contributed by atoms with Crippen molar-refractivity contribution in [2.75, 3.05) is 24.5 Å². The van der Waals surface area contributed by atoms with Gasteiger partial charge in [-0.15, -0.1) is 0 Å². The highest BCUT2D eigenvalue weighted by Gasteiger charge is 2.30. The summed E-state index contributed by atoms with van der Waals surface area (Å²) in [6, 6.07) is 8.38. The smallest absolute Gasteiger partial charge is 0.142 e. The van der Waals surface area contributed by atoms with E-state index in [1.54, 1.807) is 0 Å². The molecule has 1 fully saturated rings. The van der Waals surface area contributed by atoms with Gasteiger partial charge in [-0.05, 0) is 52.8 Å². The predicted octanol–water partition coefficient (Wildman–Crippen LogP) is 3.05. The van der Waals surface area contributed by atoms with E-state index >= 15 is 0 Å². The van der Waals surface area contributed by atoms with Crippen LogP contribution in [0.15, 0.2) is 24.3 Å². The van der Waals surface area contributed by atoms with Crippen LogP contribution in [-0.4, -0.2) is 31.3 Å². The van der Waals surface area contributed by atoms with Crippen LogP contribution in [0.2, 0.25) is 0 Å². The summed E-state index contributed by atoms with van der Waals surface area (Å²) in [7, 11) is 0. The van der Waals surface area contributed by atoms with Crippen LogP contribution in [0.3, 0.4) is 0 Å². The molecule has 0 aliphatic carbocycles. The predicted molar refractivity (Wildman–Crippen MR) is 81.1 cm³/mol. The Morgan fingerprint density at radius 2 is 1.95 bits per heavy atom. The van der Waals surface area contributed by atoms with Crippen molar-refractivity contribution in [2.45, 2.75) is 45.8 Å². The van der Waals surface area contributed by atoms with Gasteiger partial charge in [-0.3, -0.25) is 0 Å². The first kappa shape index (κ1) is 14.2. The number of para-hydroxylation sites is 2. The summed E-state index contributed by atoms with van der Waals surface area (Å²) >= 11 is 0. The van der Waals surface area contributed by atoms with Crippen molar-refractivity contribution >= 4 is 5.69 Å². The third-order valence-electron chi connectivity index (χ3n) is 3.68. The lowest BCUT2D eigenvalue weighted by Crippen LogP contribution is -2.44. The van der Waals surface area contributed by atoms with Crippen LogP contribution in [0.1, 0.15) is 34.1 Å². The first-order valence-corrected chi connectivity index (χ1v) is 7.25. The van der Waals surface area contributed by atoms with Gasteiger partial charge in [0.15, 0.2) is 0 Å². The standard InChI is InChI=1S/C16H26N2O/c1-13(2)19-15-8-6-5-7-14(15)18-12-11-17-10-9-16(18,3)4/h5-8,13,17H,9-12H2,1-4H3. The molecule has 1 aliphatic rings. The second kappa shape index (κ2) is 5.83. The molecule has 0 radical (unpaired) electrons. The molecule has 0 atom stereocenters. The highest BCUT2D eigenvalue weighted by molar-refractivity contribution is 5.60. The minimum Gasteiger partial charge on any atom is -0.489 e. The summed E-state index contributed by atoms with van der Waals surface area (Å²) in [6.45, 7) is 11.9. The van der Waals surface area contributed by atoms with Gasteiger partial charge < -0.3 is 15.0 Å². The number of hydrogen-bond donors (Lipinski definition) is 1. The van der Waals surface area contributed by atoms with Gasteiger partial charge in [0.2, 0.25) is 0 Å². The molecule has 0 amide bonds. The van der Waals surface area contributed by atoms with E-state index in [0.29, 0.717) is 0 Å². The lowest BCUT2D eigenvalue weighted by Gasteiger charge is -2.39. The number of ether oxygens (including phenoxy) is 1. The van der Waals surface area contributed by atoms with Crippen LogP contribution in [0.5, 0.6) is 5.75 Å². The van der Waals surface area contributed by atoms with Crippen molar-refractivity contribution in [3.05, 3.63) is 24.3 Å². The SMILES string of the molecule is CC(C)Oc1ccccc1N1CCNCCC1(C)C. The molecule has 1 N–H and O–H groups in total. The Bertz CT molecular complexity index is 415. The maximum atomic E-state index is 5.97. The van der Waals surface area contributed by atoms with Gasteiger partial charge in [-0.25, -0.2) is 0 Å². The number of nitrogens with one attached hydrogen (secondary N) is 1. The molecular weight excluding hydrogens is 236 g/mol. The summed E-state index contributed by atoms with van der Waals surface area (Å²) < 4.78 is 5.97. The zero-order valence-corrected chi connectivity index (χ0v) is 12.6. The van der Waals surface area contributed by atoms with Crippen LogP contribution < -0.4 is 15.0 Å². The number of hydrogen-bond acceptors (Lipinski definition) is 3. The molecule has 1 heterocycles. The van der Waals surface area contributed by atoms with Gasteiger partial charge in [-0.1, -0.05) is 12.1 Å². The molecule has 1 saturated heterocycles. The van der Waals surface area contributed by atoms with Gasteiger partial charge in [0, 0.05) is 18.6 Å². The van der Waals surface area contributed by atoms with Gasteiger partial charge in [0.05, 0.1) is 11.8 Å². The first-order valence-electron chi connectivity index (χ1n) is 7.25. The normalized spacial score (nSPS) is 19.3. The van der Waals surface area contributed by atoms with E-state index in [2.05, 4.69) is 56.1 Å². The van der Waals surface area contributed by atoms with E-state index in [-0.39, 0.29) is 11.6 Å². The maximum absolute atomic E-state index is 5.97. The molecule has 0 unspecified atom stereocenters. The van der Waals surface area contributed by atoms with Gasteiger partial charge in [0.25, 0.3) is 0 Å². The van der Waals surface area contributed by atoms with E-state index in [9.17, 15) is 0 Å². The molecule has 0 aromatic heterocycles. The second-order valence-corrected chi connectivity index (χ2v) is 6.10. The fraction of sp³-hybridized carbons (Fsp3) is 0.625. The molecule has 19 heavy (non-hydrogen) atoms. The van der Waals surface area contributed by atoms with Crippen molar-refractivity contribution < 1.29 is 4.74 Å². The Hall–Kier alpha value is -1.22. The minimum atomic E-state index is 0.153. The molecule has 0 bridgehead atoms. The summed E-state index contributed by atoms with van der Waals surface area (Å²) in [5.41, 5.74) is 1.37. The van der Waals surface area contributed by atoms with E-state index in [1.165, 1.54) is 5.69 Å². The van der Waals surface area contributed by atoms with Crippen LogP contribution in [-0.2, 0) is 0 Å². The summed E-state index contributed by atoms with van der Waals surface area (Å²) in [4.78, 5) is 2.48. The molecule has 2 rings (SSSR count). The molecule has 3 nitrogen and oxygen atoms in total. The molecule has 0 spiro atoms. The second-order valence-electron chi connectivity index (χ2n) is 6.10. The summed E-state index contributed by atoms with van der Waals surface area (Å²) in [5.74, 6) is 0.993. The average molecular weight is 262 g/mol. The summed E-state index contributed by atoms with van der Waals surface area (Å²) in [6.07, 6.45) is 1.34. The van der Waals surface area contributed by atoms with Crippen molar-refractivity contribution in [3.8, 4) is 5.75 Å². The highest BCUT2D eigenvalue weighted by atomic mass is 16.5. The topological polar surface area (TPSA) is 24.5 Å². The number of benzene rings is 1. The molecule has 3 heteroatoms. The monoisotopic (exact) mass is 262 g/mol. The molecular formula is C16H26N2O. The zero-order chi connectivity index (χ0) is 13.9. The first-order chi connectivity index (χ1) is 9.00. The molecule has 1 aromatic carbocycles. The third kappa shape index (κ3) is 3.41. The fourth-order valence-electron chi connectivity index (χ4n) is 2.63. The van der Waals surface area contributed by atoms with Gasteiger partial charge in [0.1, 0.15) is 5.75 Å². The van der Waals surface area contributed by atoms with Crippen LogP contribution in [0.25, 0.3) is 0 Å². The van der Waals surface area contributed by atoms with E-state index in [0.717, 1.165) is 31.8 Å². The largest absolute Gasteiger partial charge is 0.489 e. The summed E-state index contributed by atoms with van der Waals surface area (Å²) in [5, 5.41) is 3.48. The lowest BCUT2D eigenvalue weighted by atomic mass is 9.97. The number of nitrogens with zero attached hydrogens (tertiary/aromatic N) is 1. The molecule has 0 saturated carbocycles. The van der Waals surface area contributed by atoms with Gasteiger partial charge in [-0.2, -0.15) is 0 Å². The fourth-order valence-corrected chi connectivity index (χ4v) is 2.63. The Morgan fingerprint density at radius 1 is 1.21 bits per heavy atom. The Labute approximate surface area is 116 Å². The average Bonchev–Trinajstić information content (AvgIpc) is 2.50. The van der Waals surface area contributed by atoms with Crippen molar-refractivity contribution in [1.29, 1.82) is 0 Å². The third-order valence-corrected chi connectivity index (χ3v) is 3.68. The zero-order valence-electron chi connectivity index (χ0n) is 12.6. The quantitative estimate of drug-likeness (QED) is 0.906. The van der Waals surface area contributed by atoms with Gasteiger partial charge >= 0.3 is 0 Å². The molecule has 1 aliphatic heterocycles. The van der Waals surface area contributed by atoms with E-state index in [4.69, 9.17) is 4.74 Å². The van der Waals surface area contributed by atoms with E-state index in [1.807, 2.05) is 6.07 Å². The van der Waals surface area contributed by atoms with Crippen molar-refractivity contribution in [1.82, 2.24) is 5.32 Å². The molecule has 1 aromatic rings. The Morgan fingerprint density at radius 3 is 2.68 bits per heavy atom. The Kier molecular flexibility index (Phi) is 4.35. The van der Waals surface area contributed by atoms with Crippen LogP contribution in [0, 0.1) is 0 Å². The maximum Gasteiger partial charge on any atom is 0.142 e.